The molecule has 29 heavy (non-hydrogen) atoms. The van der Waals surface area contributed by atoms with E-state index in [4.69, 9.17) is 14.7 Å². The molecule has 7 heteroatoms. The lowest BCUT2D eigenvalue weighted by Crippen LogP contribution is -2.35. The number of hydrogen-bond donors (Lipinski definition) is 1. The van der Waals surface area contributed by atoms with Crippen molar-refractivity contribution < 1.29 is 19.1 Å². The highest BCUT2D eigenvalue weighted by atomic mass is 16.6. The number of amides is 2. The Morgan fingerprint density at radius 1 is 0.897 bits per heavy atom. The molecule has 0 radical (unpaired) electrons. The number of ether oxygens (including phenoxy) is 2. The molecule has 0 aliphatic carbocycles. The van der Waals surface area contributed by atoms with Gasteiger partial charge in [0.15, 0.2) is 0 Å². The highest BCUT2D eigenvalue weighted by molar-refractivity contribution is 5.68. The van der Waals surface area contributed by atoms with Gasteiger partial charge in [-0.15, -0.1) is 0 Å². The zero-order chi connectivity index (χ0) is 20.7. The van der Waals surface area contributed by atoms with Crippen molar-refractivity contribution in [2.75, 3.05) is 19.6 Å². The first-order valence-electron chi connectivity index (χ1n) is 9.46. The van der Waals surface area contributed by atoms with E-state index in [-0.39, 0.29) is 26.2 Å². The average Bonchev–Trinajstić information content (AvgIpc) is 2.77. The summed E-state index contributed by atoms with van der Waals surface area (Å²) in [5.74, 6) is 0. The molecule has 1 N–H and O–H groups in total. The van der Waals surface area contributed by atoms with Crippen LogP contribution in [-0.2, 0) is 22.7 Å². The lowest BCUT2D eigenvalue weighted by Gasteiger charge is -2.21. The van der Waals surface area contributed by atoms with Crippen LogP contribution >= 0.6 is 0 Å². The Morgan fingerprint density at radius 3 is 2.07 bits per heavy atom. The average molecular weight is 395 g/mol. The van der Waals surface area contributed by atoms with Crippen LogP contribution in [0.2, 0.25) is 0 Å². The molecule has 0 aliphatic rings. The fourth-order valence-corrected chi connectivity index (χ4v) is 2.52. The zero-order valence-corrected chi connectivity index (χ0v) is 16.3. The molecule has 0 fully saturated rings. The molecule has 0 aromatic heterocycles. The standard InChI is InChI=1S/C22H25N3O4/c23-13-7-15-25(22(27)29-18-20-11-5-2-6-12-20)16-8-14-24-21(26)28-17-19-9-3-1-4-10-19/h1-6,9-12H,7-8,14-18H2,(H,24,26). The SMILES string of the molecule is N#CCCN(CCCNC(=O)OCc1ccccc1)C(=O)OCc1ccccc1. The summed E-state index contributed by atoms with van der Waals surface area (Å²) in [4.78, 5) is 25.5. The first kappa shape index (κ1) is 21.8. The minimum atomic E-state index is -0.510. The number of rotatable bonds is 10. The molecule has 0 heterocycles. The lowest BCUT2D eigenvalue weighted by atomic mass is 10.2. The monoisotopic (exact) mass is 395 g/mol. The molecule has 0 spiro atoms. The Hall–Kier alpha value is -3.53. The third kappa shape index (κ3) is 8.80. The molecule has 0 bridgehead atoms. The van der Waals surface area contributed by atoms with Crippen molar-refractivity contribution >= 4 is 12.2 Å². The number of nitriles is 1. The van der Waals surface area contributed by atoms with Gasteiger partial charge in [-0.2, -0.15) is 5.26 Å². The van der Waals surface area contributed by atoms with E-state index in [1.54, 1.807) is 0 Å². The third-order valence-corrected chi connectivity index (χ3v) is 4.04. The Labute approximate surface area is 170 Å². The molecule has 0 saturated carbocycles. The Morgan fingerprint density at radius 2 is 1.48 bits per heavy atom. The molecule has 2 amide bonds. The van der Waals surface area contributed by atoms with Gasteiger partial charge < -0.3 is 19.7 Å². The molecule has 2 aromatic rings. The smallest absolute Gasteiger partial charge is 0.410 e. The van der Waals surface area contributed by atoms with Crippen LogP contribution in [0.3, 0.4) is 0 Å². The summed E-state index contributed by atoms with van der Waals surface area (Å²) in [7, 11) is 0. The highest BCUT2D eigenvalue weighted by Crippen LogP contribution is 2.05. The van der Waals surface area contributed by atoms with E-state index in [0.717, 1.165) is 11.1 Å². The van der Waals surface area contributed by atoms with Gasteiger partial charge in [-0.1, -0.05) is 60.7 Å². The maximum absolute atomic E-state index is 12.3. The fraction of sp³-hybridized carbons (Fsp3) is 0.318. The second-order valence-electron chi connectivity index (χ2n) is 6.28. The number of hydrogen-bond acceptors (Lipinski definition) is 5. The quantitative estimate of drug-likeness (QED) is 0.617. The number of carbonyl (C=O) groups excluding carboxylic acids is 2. The Bertz CT molecular complexity index is 791. The van der Waals surface area contributed by atoms with Gasteiger partial charge in [0.25, 0.3) is 0 Å². The maximum Gasteiger partial charge on any atom is 0.410 e. The zero-order valence-electron chi connectivity index (χ0n) is 16.3. The van der Waals surface area contributed by atoms with E-state index < -0.39 is 12.2 Å². The fourth-order valence-electron chi connectivity index (χ4n) is 2.52. The van der Waals surface area contributed by atoms with E-state index >= 15 is 0 Å². The second kappa shape index (κ2) is 12.8. The molecule has 2 rings (SSSR count). The van der Waals surface area contributed by atoms with Crippen molar-refractivity contribution in [2.45, 2.75) is 26.1 Å². The van der Waals surface area contributed by atoms with Gasteiger partial charge >= 0.3 is 12.2 Å². The molecule has 2 aromatic carbocycles. The molecule has 0 atom stereocenters. The summed E-state index contributed by atoms with van der Waals surface area (Å²) in [5, 5.41) is 11.5. The number of nitrogens with one attached hydrogen (secondary N) is 1. The van der Waals surface area contributed by atoms with Crippen LogP contribution in [0, 0.1) is 11.3 Å². The first-order chi connectivity index (χ1) is 14.2. The third-order valence-electron chi connectivity index (χ3n) is 4.04. The molecule has 0 aliphatic heterocycles. The van der Waals surface area contributed by atoms with Gasteiger partial charge in [0.05, 0.1) is 12.5 Å². The largest absolute Gasteiger partial charge is 0.445 e. The Balaban J connectivity index is 1.68. The number of nitrogens with zero attached hydrogens (tertiary/aromatic N) is 2. The summed E-state index contributed by atoms with van der Waals surface area (Å²) in [6, 6.07) is 20.8. The van der Waals surface area contributed by atoms with Crippen LogP contribution < -0.4 is 5.32 Å². The van der Waals surface area contributed by atoms with Gasteiger partial charge in [-0.25, -0.2) is 9.59 Å². The van der Waals surface area contributed by atoms with Crippen LogP contribution in [0.4, 0.5) is 9.59 Å². The lowest BCUT2D eigenvalue weighted by molar-refractivity contribution is 0.0963. The van der Waals surface area contributed by atoms with Crippen molar-refractivity contribution in [1.82, 2.24) is 10.2 Å². The van der Waals surface area contributed by atoms with Gasteiger partial charge in [-0.05, 0) is 17.5 Å². The van der Waals surface area contributed by atoms with Crippen LogP contribution in [0.1, 0.15) is 24.0 Å². The predicted molar refractivity (Wildman–Crippen MR) is 108 cm³/mol. The molecule has 0 unspecified atom stereocenters. The van der Waals surface area contributed by atoms with Gasteiger partial charge in [0.1, 0.15) is 13.2 Å². The molecular weight excluding hydrogens is 370 g/mol. The molecular formula is C22H25N3O4. The second-order valence-corrected chi connectivity index (χ2v) is 6.28. The van der Waals surface area contributed by atoms with Gasteiger partial charge in [0, 0.05) is 19.6 Å². The summed E-state index contributed by atoms with van der Waals surface area (Å²) in [5.41, 5.74) is 1.80. The molecule has 152 valence electrons. The van der Waals surface area contributed by atoms with E-state index in [2.05, 4.69) is 5.32 Å². The maximum atomic E-state index is 12.3. The van der Waals surface area contributed by atoms with Crippen molar-refractivity contribution in [3.8, 4) is 6.07 Å². The normalized spacial score (nSPS) is 9.90. The van der Waals surface area contributed by atoms with E-state index in [1.165, 1.54) is 4.90 Å². The van der Waals surface area contributed by atoms with Crippen molar-refractivity contribution in [3.05, 3.63) is 71.8 Å². The molecule has 0 saturated heterocycles. The Kier molecular flexibility index (Phi) is 9.60. The summed E-state index contributed by atoms with van der Waals surface area (Å²) < 4.78 is 10.5. The van der Waals surface area contributed by atoms with E-state index in [0.29, 0.717) is 19.5 Å². The van der Waals surface area contributed by atoms with Crippen LogP contribution in [0.25, 0.3) is 0 Å². The number of carbonyl (C=O) groups is 2. The summed E-state index contributed by atoms with van der Waals surface area (Å²) >= 11 is 0. The predicted octanol–water partition coefficient (Wildman–Crippen LogP) is 3.86. The number of benzene rings is 2. The van der Waals surface area contributed by atoms with Crippen molar-refractivity contribution in [2.24, 2.45) is 0 Å². The summed E-state index contributed by atoms with van der Waals surface area (Å²) in [6.45, 7) is 1.37. The van der Waals surface area contributed by atoms with Crippen LogP contribution in [0.15, 0.2) is 60.7 Å². The summed E-state index contributed by atoms with van der Waals surface area (Å²) in [6.07, 6.45) is -0.251. The van der Waals surface area contributed by atoms with Crippen molar-refractivity contribution in [1.29, 1.82) is 5.26 Å². The van der Waals surface area contributed by atoms with Crippen LogP contribution in [-0.4, -0.2) is 36.7 Å². The number of alkyl carbamates (subject to hydrolysis) is 1. The molecule has 7 nitrogen and oxygen atoms in total. The van der Waals surface area contributed by atoms with Gasteiger partial charge in [-0.3, -0.25) is 0 Å². The first-order valence-corrected chi connectivity index (χ1v) is 9.46. The minimum absolute atomic E-state index is 0.173. The minimum Gasteiger partial charge on any atom is -0.445 e. The van der Waals surface area contributed by atoms with E-state index in [9.17, 15) is 9.59 Å². The van der Waals surface area contributed by atoms with E-state index in [1.807, 2.05) is 66.7 Å². The highest BCUT2D eigenvalue weighted by Gasteiger charge is 2.14. The van der Waals surface area contributed by atoms with Gasteiger partial charge in [0.2, 0.25) is 0 Å². The topological polar surface area (TPSA) is 91.7 Å². The van der Waals surface area contributed by atoms with Crippen molar-refractivity contribution in [3.63, 3.8) is 0 Å². The van der Waals surface area contributed by atoms with Crippen LogP contribution in [0.5, 0.6) is 0 Å².